The summed E-state index contributed by atoms with van der Waals surface area (Å²) < 4.78 is 5.09. The number of hydrogen-bond acceptors (Lipinski definition) is 4. The van der Waals surface area contributed by atoms with Crippen molar-refractivity contribution in [3.8, 4) is 5.75 Å². The molecule has 0 spiro atoms. The summed E-state index contributed by atoms with van der Waals surface area (Å²) in [5.41, 5.74) is 5.84. The van der Waals surface area contributed by atoms with E-state index in [4.69, 9.17) is 15.7 Å². The highest BCUT2D eigenvalue weighted by atomic mass is 16.5. The number of urea groups is 1. The van der Waals surface area contributed by atoms with Crippen LogP contribution in [0, 0.1) is 0 Å². The quantitative estimate of drug-likeness (QED) is 0.271. The molecule has 0 bridgehead atoms. The van der Waals surface area contributed by atoms with E-state index in [9.17, 15) is 4.79 Å². The Hall–Kier alpha value is -2.44. The number of methoxy groups -OCH3 is 1. The number of para-hydroxylation sites is 2. The van der Waals surface area contributed by atoms with Gasteiger partial charge in [-0.05, 0) is 12.1 Å². The Kier molecular flexibility index (Phi) is 5.30. The summed E-state index contributed by atoms with van der Waals surface area (Å²) >= 11 is 0. The maximum Gasteiger partial charge on any atom is 0.319 e. The highest BCUT2D eigenvalue weighted by Gasteiger charge is 2.05. The second-order valence-corrected chi connectivity index (χ2v) is 3.42. The average molecular weight is 252 g/mol. The molecular weight excluding hydrogens is 236 g/mol. The normalized spacial score (nSPS) is 10.8. The van der Waals surface area contributed by atoms with Gasteiger partial charge in [-0.1, -0.05) is 17.3 Å². The lowest BCUT2D eigenvalue weighted by molar-refractivity contribution is 0.252. The van der Waals surface area contributed by atoms with Crippen molar-refractivity contribution in [2.45, 2.75) is 6.42 Å². The van der Waals surface area contributed by atoms with Gasteiger partial charge in [0.05, 0.1) is 12.8 Å². The molecular formula is C11H16N4O3. The number of ether oxygens (including phenoxy) is 1. The van der Waals surface area contributed by atoms with Crippen molar-refractivity contribution < 1.29 is 14.7 Å². The maximum atomic E-state index is 11.5. The zero-order valence-electron chi connectivity index (χ0n) is 10.0. The first kappa shape index (κ1) is 13.6. The summed E-state index contributed by atoms with van der Waals surface area (Å²) in [4.78, 5) is 11.5. The van der Waals surface area contributed by atoms with Gasteiger partial charge in [0.15, 0.2) is 0 Å². The summed E-state index contributed by atoms with van der Waals surface area (Å²) in [5.74, 6) is 0.636. The summed E-state index contributed by atoms with van der Waals surface area (Å²) in [6.45, 7) is 0.275. The van der Waals surface area contributed by atoms with Crippen LogP contribution in [0.1, 0.15) is 6.42 Å². The van der Waals surface area contributed by atoms with Gasteiger partial charge in [-0.15, -0.1) is 0 Å². The fourth-order valence-corrected chi connectivity index (χ4v) is 1.27. The minimum absolute atomic E-state index is 0.0626. The fraction of sp³-hybridized carbons (Fsp3) is 0.273. The SMILES string of the molecule is COc1ccccc1NC(=O)NCCC(N)=NO. The molecule has 5 N–H and O–H groups in total. The van der Waals surface area contributed by atoms with Gasteiger partial charge in [0.25, 0.3) is 0 Å². The van der Waals surface area contributed by atoms with Crippen LogP contribution in [0.15, 0.2) is 29.4 Å². The van der Waals surface area contributed by atoms with E-state index in [-0.39, 0.29) is 24.8 Å². The number of benzene rings is 1. The van der Waals surface area contributed by atoms with Gasteiger partial charge in [-0.25, -0.2) is 4.79 Å². The van der Waals surface area contributed by atoms with Gasteiger partial charge in [-0.2, -0.15) is 0 Å². The second kappa shape index (κ2) is 7.00. The largest absolute Gasteiger partial charge is 0.495 e. The monoisotopic (exact) mass is 252 g/mol. The average Bonchev–Trinajstić information content (AvgIpc) is 2.39. The fourth-order valence-electron chi connectivity index (χ4n) is 1.27. The number of amidine groups is 1. The number of carbonyl (C=O) groups excluding carboxylic acids is 1. The van der Waals surface area contributed by atoms with Crippen LogP contribution in [0.4, 0.5) is 10.5 Å². The highest BCUT2D eigenvalue weighted by molar-refractivity contribution is 5.91. The molecule has 1 rings (SSSR count). The Balaban J connectivity index is 2.45. The molecule has 7 heteroatoms. The van der Waals surface area contributed by atoms with Crippen LogP contribution in [0.5, 0.6) is 5.75 Å². The van der Waals surface area contributed by atoms with Crippen LogP contribution in [-0.4, -0.2) is 30.7 Å². The molecule has 2 amide bonds. The lowest BCUT2D eigenvalue weighted by atomic mass is 10.3. The minimum atomic E-state index is -0.384. The molecule has 0 aliphatic carbocycles. The predicted octanol–water partition coefficient (Wildman–Crippen LogP) is 0.953. The van der Waals surface area contributed by atoms with Crippen molar-refractivity contribution in [1.29, 1.82) is 0 Å². The third-order valence-corrected chi connectivity index (χ3v) is 2.15. The molecule has 18 heavy (non-hydrogen) atoms. The van der Waals surface area contributed by atoms with Gasteiger partial charge in [0.1, 0.15) is 11.6 Å². The molecule has 0 aliphatic rings. The van der Waals surface area contributed by atoms with E-state index in [2.05, 4.69) is 15.8 Å². The molecule has 0 radical (unpaired) electrons. The van der Waals surface area contributed by atoms with Crippen LogP contribution in [0.25, 0.3) is 0 Å². The number of carbonyl (C=O) groups is 1. The van der Waals surface area contributed by atoms with Gasteiger partial charge in [0, 0.05) is 13.0 Å². The van der Waals surface area contributed by atoms with Crippen molar-refractivity contribution >= 4 is 17.6 Å². The number of nitrogens with two attached hydrogens (primary N) is 1. The molecule has 0 aromatic heterocycles. The number of nitrogens with one attached hydrogen (secondary N) is 2. The summed E-state index contributed by atoms with van der Waals surface area (Å²) in [6, 6.07) is 6.67. The lowest BCUT2D eigenvalue weighted by Crippen LogP contribution is -2.31. The van der Waals surface area contributed by atoms with Gasteiger partial charge in [0.2, 0.25) is 0 Å². The Morgan fingerprint density at radius 1 is 1.50 bits per heavy atom. The molecule has 1 aromatic rings. The molecule has 7 nitrogen and oxygen atoms in total. The Bertz CT molecular complexity index is 434. The number of rotatable bonds is 5. The molecule has 0 atom stereocenters. The molecule has 0 heterocycles. The van der Waals surface area contributed by atoms with Gasteiger partial charge in [-0.3, -0.25) is 0 Å². The first-order valence-electron chi connectivity index (χ1n) is 5.31. The summed E-state index contributed by atoms with van der Waals surface area (Å²) in [6.07, 6.45) is 0.274. The van der Waals surface area contributed by atoms with E-state index >= 15 is 0 Å². The predicted molar refractivity (Wildman–Crippen MR) is 68.0 cm³/mol. The Labute approximate surface area is 105 Å². The van der Waals surface area contributed by atoms with Gasteiger partial charge >= 0.3 is 6.03 Å². The lowest BCUT2D eigenvalue weighted by Gasteiger charge is -2.10. The first-order chi connectivity index (χ1) is 8.67. The molecule has 0 aliphatic heterocycles. The van der Waals surface area contributed by atoms with Crippen molar-refractivity contribution in [3.63, 3.8) is 0 Å². The van der Waals surface area contributed by atoms with E-state index in [1.54, 1.807) is 24.3 Å². The molecule has 0 unspecified atom stereocenters. The van der Waals surface area contributed by atoms with Crippen LogP contribution >= 0.6 is 0 Å². The van der Waals surface area contributed by atoms with Crippen molar-refractivity contribution in [2.24, 2.45) is 10.9 Å². The zero-order valence-corrected chi connectivity index (χ0v) is 10.0. The topological polar surface area (TPSA) is 109 Å². The molecule has 0 fully saturated rings. The standard InChI is InChI=1S/C11H16N4O3/c1-18-9-5-3-2-4-8(9)14-11(16)13-7-6-10(12)15-17/h2-5,17H,6-7H2,1H3,(H2,12,15)(H2,13,14,16). The second-order valence-electron chi connectivity index (χ2n) is 3.42. The van der Waals surface area contributed by atoms with Crippen LogP contribution in [0.3, 0.4) is 0 Å². The van der Waals surface area contributed by atoms with E-state index in [0.717, 1.165) is 0 Å². The highest BCUT2D eigenvalue weighted by Crippen LogP contribution is 2.22. The van der Waals surface area contributed by atoms with E-state index in [1.807, 2.05) is 0 Å². The number of anilines is 1. The van der Waals surface area contributed by atoms with E-state index < -0.39 is 0 Å². The zero-order chi connectivity index (χ0) is 13.4. The number of amides is 2. The van der Waals surface area contributed by atoms with E-state index in [0.29, 0.717) is 11.4 Å². The number of nitrogens with zero attached hydrogens (tertiary/aromatic N) is 1. The maximum absolute atomic E-state index is 11.5. The minimum Gasteiger partial charge on any atom is -0.495 e. The smallest absolute Gasteiger partial charge is 0.319 e. The molecule has 98 valence electrons. The Morgan fingerprint density at radius 2 is 2.22 bits per heavy atom. The summed E-state index contributed by atoms with van der Waals surface area (Å²) in [7, 11) is 1.52. The molecule has 1 aromatic carbocycles. The van der Waals surface area contributed by atoms with Crippen LogP contribution in [-0.2, 0) is 0 Å². The number of oxime groups is 1. The van der Waals surface area contributed by atoms with Crippen molar-refractivity contribution in [1.82, 2.24) is 5.32 Å². The van der Waals surface area contributed by atoms with E-state index in [1.165, 1.54) is 7.11 Å². The van der Waals surface area contributed by atoms with Crippen molar-refractivity contribution in [3.05, 3.63) is 24.3 Å². The number of hydrogen-bond donors (Lipinski definition) is 4. The first-order valence-corrected chi connectivity index (χ1v) is 5.31. The molecule has 0 saturated heterocycles. The third kappa shape index (κ3) is 4.20. The van der Waals surface area contributed by atoms with Crippen LogP contribution in [0.2, 0.25) is 0 Å². The third-order valence-electron chi connectivity index (χ3n) is 2.15. The Morgan fingerprint density at radius 3 is 2.89 bits per heavy atom. The molecule has 0 saturated carbocycles. The van der Waals surface area contributed by atoms with Crippen molar-refractivity contribution in [2.75, 3.05) is 19.0 Å². The van der Waals surface area contributed by atoms with Crippen LogP contribution < -0.4 is 21.1 Å². The summed E-state index contributed by atoms with van der Waals surface area (Å²) in [5, 5.41) is 16.3. The van der Waals surface area contributed by atoms with Gasteiger partial charge < -0.3 is 26.3 Å².